The Morgan fingerprint density at radius 3 is 2.89 bits per heavy atom. The van der Waals surface area contributed by atoms with Crippen molar-refractivity contribution in [1.29, 1.82) is 0 Å². The van der Waals surface area contributed by atoms with E-state index in [0.717, 1.165) is 9.35 Å². The minimum atomic E-state index is -1.20. The second kappa shape index (κ2) is 5.54. The van der Waals surface area contributed by atoms with Gasteiger partial charge >= 0.3 is 5.97 Å². The molecule has 2 heterocycles. The van der Waals surface area contributed by atoms with E-state index in [-0.39, 0.29) is 11.4 Å². The SMILES string of the molecule is CN(Cc1csc(Br)c1)C(=O)c1nc[nH]c1C(=O)O. The highest BCUT2D eigenvalue weighted by Crippen LogP contribution is 2.22. The first kappa shape index (κ1) is 13.8. The lowest BCUT2D eigenvalue weighted by atomic mass is 10.2. The predicted octanol–water partition coefficient (Wildman–Crippen LogP) is 2.20. The van der Waals surface area contributed by atoms with Crippen LogP contribution in [0.3, 0.4) is 0 Å². The minimum Gasteiger partial charge on any atom is -0.477 e. The monoisotopic (exact) mass is 343 g/mol. The maximum Gasteiger partial charge on any atom is 0.354 e. The van der Waals surface area contributed by atoms with Gasteiger partial charge in [0, 0.05) is 13.6 Å². The Balaban J connectivity index is 2.15. The molecule has 0 aliphatic rings. The van der Waals surface area contributed by atoms with Crippen molar-refractivity contribution in [3.8, 4) is 0 Å². The molecule has 0 atom stereocenters. The molecule has 0 saturated carbocycles. The number of rotatable bonds is 4. The van der Waals surface area contributed by atoms with Crippen LogP contribution in [0.15, 0.2) is 21.6 Å². The quantitative estimate of drug-likeness (QED) is 0.890. The molecule has 0 aromatic carbocycles. The maximum atomic E-state index is 12.1. The lowest BCUT2D eigenvalue weighted by molar-refractivity contribution is 0.0674. The summed E-state index contributed by atoms with van der Waals surface area (Å²) in [6, 6.07) is 1.91. The van der Waals surface area contributed by atoms with Crippen LogP contribution in [0.1, 0.15) is 26.5 Å². The van der Waals surface area contributed by atoms with Crippen LogP contribution in [0.5, 0.6) is 0 Å². The van der Waals surface area contributed by atoms with Crippen molar-refractivity contribution >= 4 is 39.1 Å². The average Bonchev–Trinajstić information content (AvgIpc) is 2.97. The molecular weight excluding hydrogens is 334 g/mol. The Hall–Kier alpha value is -1.67. The number of halogens is 1. The zero-order valence-electron chi connectivity index (χ0n) is 9.88. The third-order valence-electron chi connectivity index (χ3n) is 2.44. The Kier molecular flexibility index (Phi) is 4.01. The number of carboxylic acid groups (broad SMARTS) is 1. The second-order valence-electron chi connectivity index (χ2n) is 3.85. The summed E-state index contributed by atoms with van der Waals surface area (Å²) in [6.45, 7) is 0.396. The Labute approximate surface area is 121 Å². The number of thiophene rings is 1. The first-order valence-electron chi connectivity index (χ1n) is 5.24. The van der Waals surface area contributed by atoms with Gasteiger partial charge in [0.2, 0.25) is 0 Å². The number of aromatic carboxylic acids is 1. The molecule has 100 valence electrons. The van der Waals surface area contributed by atoms with Crippen molar-refractivity contribution in [2.24, 2.45) is 0 Å². The zero-order chi connectivity index (χ0) is 14.0. The number of aromatic amines is 1. The molecule has 19 heavy (non-hydrogen) atoms. The maximum absolute atomic E-state index is 12.1. The number of imidazole rings is 1. The highest BCUT2D eigenvalue weighted by molar-refractivity contribution is 9.11. The van der Waals surface area contributed by atoms with Gasteiger partial charge in [-0.3, -0.25) is 4.79 Å². The molecule has 2 N–H and O–H groups in total. The van der Waals surface area contributed by atoms with Gasteiger partial charge in [-0.2, -0.15) is 0 Å². The van der Waals surface area contributed by atoms with Crippen LogP contribution in [-0.4, -0.2) is 38.9 Å². The molecule has 0 spiro atoms. The Bertz CT molecular complexity index is 622. The van der Waals surface area contributed by atoms with Crippen molar-refractivity contribution < 1.29 is 14.7 Å². The molecule has 0 radical (unpaired) electrons. The molecule has 2 aromatic heterocycles. The molecule has 2 aromatic rings. The van der Waals surface area contributed by atoms with Crippen LogP contribution < -0.4 is 0 Å². The van der Waals surface area contributed by atoms with Gasteiger partial charge in [-0.25, -0.2) is 9.78 Å². The van der Waals surface area contributed by atoms with E-state index in [9.17, 15) is 9.59 Å². The summed E-state index contributed by atoms with van der Waals surface area (Å²) >= 11 is 4.87. The summed E-state index contributed by atoms with van der Waals surface area (Å²) in [4.78, 5) is 30.7. The fourth-order valence-corrected chi connectivity index (χ4v) is 2.77. The lowest BCUT2D eigenvalue weighted by Crippen LogP contribution is -2.27. The lowest BCUT2D eigenvalue weighted by Gasteiger charge is -2.15. The second-order valence-corrected chi connectivity index (χ2v) is 6.14. The molecule has 0 aliphatic heterocycles. The smallest absolute Gasteiger partial charge is 0.354 e. The molecular formula is C11H10BrN3O3S. The summed E-state index contributed by atoms with van der Waals surface area (Å²) in [5, 5.41) is 10.9. The number of carbonyl (C=O) groups is 2. The molecule has 6 nitrogen and oxygen atoms in total. The summed E-state index contributed by atoms with van der Waals surface area (Å²) in [6.07, 6.45) is 1.20. The average molecular weight is 344 g/mol. The van der Waals surface area contributed by atoms with E-state index in [1.54, 1.807) is 7.05 Å². The van der Waals surface area contributed by atoms with E-state index in [2.05, 4.69) is 25.9 Å². The van der Waals surface area contributed by atoms with Gasteiger partial charge in [0.05, 0.1) is 10.1 Å². The van der Waals surface area contributed by atoms with E-state index >= 15 is 0 Å². The molecule has 0 fully saturated rings. The summed E-state index contributed by atoms with van der Waals surface area (Å²) < 4.78 is 0.981. The number of aromatic nitrogens is 2. The van der Waals surface area contributed by atoms with Gasteiger partial charge in [0.25, 0.3) is 5.91 Å². The van der Waals surface area contributed by atoms with Crippen molar-refractivity contribution in [2.45, 2.75) is 6.54 Å². The number of hydrogen-bond donors (Lipinski definition) is 2. The van der Waals surface area contributed by atoms with Crippen LogP contribution in [-0.2, 0) is 6.54 Å². The highest BCUT2D eigenvalue weighted by atomic mass is 79.9. The summed E-state index contributed by atoms with van der Waals surface area (Å²) in [5.74, 6) is -1.63. The zero-order valence-corrected chi connectivity index (χ0v) is 12.3. The first-order valence-corrected chi connectivity index (χ1v) is 6.91. The van der Waals surface area contributed by atoms with Gasteiger partial charge < -0.3 is 15.0 Å². The number of nitrogens with zero attached hydrogens (tertiary/aromatic N) is 2. The standard InChI is InChI=1S/C11H10BrN3O3S/c1-15(3-6-2-7(12)19-4-6)10(16)8-9(11(17)18)14-5-13-8/h2,4-5H,3H2,1H3,(H,13,14)(H,17,18). The van der Waals surface area contributed by atoms with Crippen LogP contribution in [0, 0.1) is 0 Å². The number of H-pyrrole nitrogens is 1. The normalized spacial score (nSPS) is 10.4. The van der Waals surface area contributed by atoms with Crippen molar-refractivity contribution in [2.75, 3.05) is 7.05 Å². The Morgan fingerprint density at radius 1 is 1.58 bits per heavy atom. The molecule has 2 rings (SSSR count). The van der Waals surface area contributed by atoms with E-state index in [4.69, 9.17) is 5.11 Å². The van der Waals surface area contributed by atoms with Crippen LogP contribution in [0.4, 0.5) is 0 Å². The van der Waals surface area contributed by atoms with Crippen LogP contribution in [0.25, 0.3) is 0 Å². The fourth-order valence-electron chi connectivity index (χ4n) is 1.57. The number of nitrogens with one attached hydrogen (secondary N) is 1. The third kappa shape index (κ3) is 3.02. The molecule has 1 amide bonds. The minimum absolute atomic E-state index is 0.0794. The topological polar surface area (TPSA) is 86.3 Å². The van der Waals surface area contributed by atoms with Gasteiger partial charge in [0.15, 0.2) is 11.4 Å². The first-order chi connectivity index (χ1) is 8.99. The van der Waals surface area contributed by atoms with Gasteiger partial charge in [-0.15, -0.1) is 11.3 Å². The largest absolute Gasteiger partial charge is 0.477 e. The molecule has 0 aliphatic carbocycles. The van der Waals surface area contributed by atoms with Crippen molar-refractivity contribution in [1.82, 2.24) is 14.9 Å². The summed E-state index contributed by atoms with van der Waals surface area (Å²) in [7, 11) is 1.61. The van der Waals surface area contributed by atoms with E-state index < -0.39 is 11.9 Å². The fraction of sp³-hybridized carbons (Fsp3) is 0.182. The van der Waals surface area contributed by atoms with E-state index in [0.29, 0.717) is 6.54 Å². The predicted molar refractivity (Wildman–Crippen MR) is 73.4 cm³/mol. The third-order valence-corrected chi connectivity index (χ3v) is 4.00. The highest BCUT2D eigenvalue weighted by Gasteiger charge is 2.22. The summed E-state index contributed by atoms with van der Waals surface area (Å²) in [5.41, 5.74) is 0.702. The molecule has 0 bridgehead atoms. The van der Waals surface area contributed by atoms with Gasteiger partial charge in [-0.05, 0) is 32.9 Å². The Morgan fingerprint density at radius 2 is 2.32 bits per heavy atom. The molecule has 8 heteroatoms. The van der Waals surface area contributed by atoms with Crippen molar-refractivity contribution in [3.63, 3.8) is 0 Å². The van der Waals surface area contributed by atoms with Crippen molar-refractivity contribution in [3.05, 3.63) is 38.5 Å². The number of carboxylic acids is 1. The van der Waals surface area contributed by atoms with Crippen LogP contribution in [0.2, 0.25) is 0 Å². The van der Waals surface area contributed by atoms with E-state index in [1.165, 1.54) is 22.6 Å². The number of carbonyl (C=O) groups excluding carboxylic acids is 1. The molecule has 0 saturated heterocycles. The van der Waals surface area contributed by atoms with Crippen LogP contribution >= 0.6 is 27.3 Å². The number of hydrogen-bond acceptors (Lipinski definition) is 4. The van der Waals surface area contributed by atoms with Gasteiger partial charge in [-0.1, -0.05) is 0 Å². The van der Waals surface area contributed by atoms with E-state index in [1.807, 2.05) is 11.4 Å². The molecule has 0 unspecified atom stereocenters. The van der Waals surface area contributed by atoms with Gasteiger partial charge in [0.1, 0.15) is 0 Å². The number of amides is 1.